The van der Waals surface area contributed by atoms with Crippen LogP contribution in [0.3, 0.4) is 0 Å². The third-order valence-electron chi connectivity index (χ3n) is 3.92. The van der Waals surface area contributed by atoms with Gasteiger partial charge in [0, 0.05) is 39.5 Å². The summed E-state index contributed by atoms with van der Waals surface area (Å²) in [4.78, 5) is 36.7. The van der Waals surface area contributed by atoms with Crippen molar-refractivity contribution in [1.82, 2.24) is 15.5 Å². The highest BCUT2D eigenvalue weighted by atomic mass is 16.5. The molecule has 0 bridgehead atoms. The van der Waals surface area contributed by atoms with Gasteiger partial charge in [-0.05, 0) is 17.7 Å². The molecule has 1 fully saturated rings. The molecule has 1 aliphatic rings. The van der Waals surface area contributed by atoms with E-state index in [4.69, 9.17) is 4.74 Å². The van der Waals surface area contributed by atoms with Crippen molar-refractivity contribution in [3.05, 3.63) is 29.8 Å². The molecule has 1 aromatic rings. The average molecular weight is 333 g/mol. The summed E-state index contributed by atoms with van der Waals surface area (Å²) in [5, 5.41) is 5.36. The molecule has 1 aliphatic heterocycles. The zero-order chi connectivity index (χ0) is 17.5. The van der Waals surface area contributed by atoms with Crippen molar-refractivity contribution in [2.75, 3.05) is 26.7 Å². The Kier molecular flexibility index (Phi) is 6.17. The van der Waals surface area contributed by atoms with Gasteiger partial charge in [0.1, 0.15) is 5.75 Å². The quantitative estimate of drug-likeness (QED) is 0.703. The van der Waals surface area contributed by atoms with E-state index in [1.54, 1.807) is 12.0 Å². The van der Waals surface area contributed by atoms with Gasteiger partial charge in [-0.25, -0.2) is 0 Å². The van der Waals surface area contributed by atoms with Gasteiger partial charge in [-0.1, -0.05) is 12.1 Å². The lowest BCUT2D eigenvalue weighted by molar-refractivity contribution is -0.129. The normalized spacial score (nSPS) is 16.8. The van der Waals surface area contributed by atoms with Crippen LogP contribution in [0.25, 0.3) is 0 Å². The minimum atomic E-state index is -0.340. The lowest BCUT2D eigenvalue weighted by Gasteiger charge is -2.17. The molecule has 130 valence electrons. The zero-order valence-corrected chi connectivity index (χ0v) is 14.0. The molecule has 1 unspecified atom stereocenters. The van der Waals surface area contributed by atoms with Crippen molar-refractivity contribution >= 4 is 17.7 Å². The Morgan fingerprint density at radius 2 is 1.88 bits per heavy atom. The number of nitrogens with zero attached hydrogens (tertiary/aromatic N) is 1. The summed E-state index contributed by atoms with van der Waals surface area (Å²) in [5.74, 6) is 0.126. The number of amides is 3. The van der Waals surface area contributed by atoms with Crippen molar-refractivity contribution in [2.45, 2.75) is 19.9 Å². The number of likely N-dealkylation sites (tertiary alicyclic amines) is 1. The van der Waals surface area contributed by atoms with Crippen LogP contribution < -0.4 is 15.4 Å². The van der Waals surface area contributed by atoms with E-state index in [1.807, 2.05) is 24.3 Å². The summed E-state index contributed by atoms with van der Waals surface area (Å²) < 4.78 is 5.11. The van der Waals surface area contributed by atoms with Crippen molar-refractivity contribution in [2.24, 2.45) is 5.92 Å². The van der Waals surface area contributed by atoms with Crippen LogP contribution in [0.4, 0.5) is 0 Å². The van der Waals surface area contributed by atoms with Gasteiger partial charge in [-0.2, -0.15) is 0 Å². The topological polar surface area (TPSA) is 87.7 Å². The van der Waals surface area contributed by atoms with Crippen LogP contribution in [-0.2, 0) is 20.9 Å². The number of hydrogen-bond acceptors (Lipinski definition) is 4. The van der Waals surface area contributed by atoms with Gasteiger partial charge in [0.15, 0.2) is 0 Å². The van der Waals surface area contributed by atoms with E-state index < -0.39 is 0 Å². The van der Waals surface area contributed by atoms with Gasteiger partial charge < -0.3 is 20.3 Å². The molecule has 0 saturated carbocycles. The summed E-state index contributed by atoms with van der Waals surface area (Å²) in [6, 6.07) is 7.52. The first-order chi connectivity index (χ1) is 11.5. The maximum atomic E-state index is 12.1. The van der Waals surface area contributed by atoms with E-state index in [-0.39, 0.29) is 30.1 Å². The van der Waals surface area contributed by atoms with Crippen LogP contribution >= 0.6 is 0 Å². The number of ether oxygens (including phenoxy) is 1. The maximum Gasteiger partial charge on any atom is 0.225 e. The first-order valence-corrected chi connectivity index (χ1v) is 7.92. The van der Waals surface area contributed by atoms with Gasteiger partial charge in [0.05, 0.1) is 13.0 Å². The molecule has 1 aromatic carbocycles. The maximum absolute atomic E-state index is 12.1. The van der Waals surface area contributed by atoms with Crippen LogP contribution in [0, 0.1) is 5.92 Å². The van der Waals surface area contributed by atoms with E-state index in [0.717, 1.165) is 11.3 Å². The number of benzene rings is 1. The summed E-state index contributed by atoms with van der Waals surface area (Å²) in [7, 11) is 1.61. The Hall–Kier alpha value is -2.57. The average Bonchev–Trinajstić information content (AvgIpc) is 2.93. The molecule has 7 nitrogen and oxygen atoms in total. The predicted octanol–water partition coefficient (Wildman–Crippen LogP) is 0.296. The monoisotopic (exact) mass is 333 g/mol. The minimum Gasteiger partial charge on any atom is -0.497 e. The molecule has 1 heterocycles. The van der Waals surface area contributed by atoms with Gasteiger partial charge in [0.25, 0.3) is 0 Å². The third-order valence-corrected chi connectivity index (χ3v) is 3.92. The predicted molar refractivity (Wildman–Crippen MR) is 88.2 cm³/mol. The summed E-state index contributed by atoms with van der Waals surface area (Å²) in [6.45, 7) is 3.07. The molecule has 2 rings (SSSR count). The van der Waals surface area contributed by atoms with Crippen LogP contribution in [0.15, 0.2) is 24.3 Å². The second-order valence-corrected chi connectivity index (χ2v) is 5.80. The second kappa shape index (κ2) is 8.33. The SMILES string of the molecule is COc1ccc(CN2CC(C(=O)NCCNC(C)=O)CC2=O)cc1. The first-order valence-electron chi connectivity index (χ1n) is 7.92. The molecule has 24 heavy (non-hydrogen) atoms. The standard InChI is InChI=1S/C17H23N3O4/c1-12(21)18-7-8-19-17(23)14-9-16(22)20(11-14)10-13-3-5-15(24-2)6-4-13/h3-6,14H,7-11H2,1-2H3,(H,18,21)(H,19,23). The highest BCUT2D eigenvalue weighted by molar-refractivity contribution is 5.89. The Balaban J connectivity index is 1.81. The Morgan fingerprint density at radius 3 is 2.50 bits per heavy atom. The van der Waals surface area contributed by atoms with Gasteiger partial charge in [-0.3, -0.25) is 14.4 Å². The van der Waals surface area contributed by atoms with E-state index in [0.29, 0.717) is 26.2 Å². The molecule has 7 heteroatoms. The molecular weight excluding hydrogens is 310 g/mol. The third kappa shape index (κ3) is 4.97. The molecule has 3 amide bonds. The molecule has 0 aromatic heterocycles. The highest BCUT2D eigenvalue weighted by Crippen LogP contribution is 2.21. The van der Waals surface area contributed by atoms with Crippen molar-refractivity contribution in [3.63, 3.8) is 0 Å². The summed E-state index contributed by atoms with van der Waals surface area (Å²) >= 11 is 0. The van der Waals surface area contributed by atoms with E-state index in [2.05, 4.69) is 10.6 Å². The molecule has 2 N–H and O–H groups in total. The number of hydrogen-bond donors (Lipinski definition) is 2. The fourth-order valence-corrected chi connectivity index (χ4v) is 2.62. The molecule has 0 spiro atoms. The van der Waals surface area contributed by atoms with Crippen molar-refractivity contribution in [1.29, 1.82) is 0 Å². The lowest BCUT2D eigenvalue weighted by Crippen LogP contribution is -2.37. The summed E-state index contributed by atoms with van der Waals surface area (Å²) in [5.41, 5.74) is 0.996. The fraction of sp³-hybridized carbons (Fsp3) is 0.471. The fourth-order valence-electron chi connectivity index (χ4n) is 2.62. The summed E-state index contributed by atoms with van der Waals surface area (Å²) in [6.07, 6.45) is 0.224. The van der Waals surface area contributed by atoms with Crippen LogP contribution in [-0.4, -0.2) is 49.4 Å². The largest absolute Gasteiger partial charge is 0.497 e. The first kappa shape index (κ1) is 17.8. The molecule has 1 saturated heterocycles. The molecule has 0 aliphatic carbocycles. The van der Waals surface area contributed by atoms with Crippen LogP contribution in [0.1, 0.15) is 18.9 Å². The molecular formula is C17H23N3O4. The Labute approximate surface area is 141 Å². The van der Waals surface area contributed by atoms with Gasteiger partial charge >= 0.3 is 0 Å². The van der Waals surface area contributed by atoms with E-state index in [1.165, 1.54) is 6.92 Å². The number of rotatable bonds is 7. The lowest BCUT2D eigenvalue weighted by atomic mass is 10.1. The van der Waals surface area contributed by atoms with E-state index >= 15 is 0 Å². The molecule has 1 atom stereocenters. The number of nitrogens with one attached hydrogen (secondary N) is 2. The zero-order valence-electron chi connectivity index (χ0n) is 14.0. The number of carbonyl (C=O) groups is 3. The number of carbonyl (C=O) groups excluding carboxylic acids is 3. The number of methoxy groups -OCH3 is 1. The van der Waals surface area contributed by atoms with Crippen molar-refractivity contribution in [3.8, 4) is 5.75 Å². The van der Waals surface area contributed by atoms with Crippen LogP contribution in [0.2, 0.25) is 0 Å². The Bertz CT molecular complexity index is 600. The minimum absolute atomic E-state index is 0.0205. The second-order valence-electron chi connectivity index (χ2n) is 5.80. The van der Waals surface area contributed by atoms with Crippen molar-refractivity contribution < 1.29 is 19.1 Å². The van der Waals surface area contributed by atoms with Gasteiger partial charge in [0.2, 0.25) is 17.7 Å². The molecule has 0 radical (unpaired) electrons. The van der Waals surface area contributed by atoms with E-state index in [9.17, 15) is 14.4 Å². The smallest absolute Gasteiger partial charge is 0.225 e. The highest BCUT2D eigenvalue weighted by Gasteiger charge is 2.33. The van der Waals surface area contributed by atoms with Crippen LogP contribution in [0.5, 0.6) is 5.75 Å². The Morgan fingerprint density at radius 1 is 1.21 bits per heavy atom. The van der Waals surface area contributed by atoms with Gasteiger partial charge in [-0.15, -0.1) is 0 Å².